The summed E-state index contributed by atoms with van der Waals surface area (Å²) in [4.78, 5) is 92.5. The lowest BCUT2D eigenvalue weighted by molar-refractivity contribution is -0.141. The summed E-state index contributed by atoms with van der Waals surface area (Å²) in [5.41, 5.74) is 14.3. The van der Waals surface area contributed by atoms with Gasteiger partial charge < -0.3 is 48.3 Å². The molecular weight excluding hydrogens is 871 g/mol. The second kappa shape index (κ2) is 26.7. The number of amides is 6. The molecule has 0 heterocycles. The van der Waals surface area contributed by atoms with Crippen LogP contribution in [0.2, 0.25) is 0 Å². The topological polar surface area (TPSA) is 272 Å². The van der Waals surface area contributed by atoms with Gasteiger partial charge in [-0.2, -0.15) is 11.8 Å². The molecular formula is C47H55N7O9S2. The SMILES string of the molecule is NC(=O)CC[C@H](NC(=O)[C@H](Cc1ccccc1)NC(=O)[C@H](Cc1ccc(O)cc1)NC(=S)CCCc1ccccc1)C(=O)N[C@@H](CC(N)=O)C(=O)N[C@@H](CSCc1ccccc1)C(=O)O. The summed E-state index contributed by atoms with van der Waals surface area (Å²) in [6.07, 6.45) is 0.537. The number of aryl methyl sites for hydroxylation is 1. The molecule has 344 valence electrons. The van der Waals surface area contributed by atoms with Crippen LogP contribution in [0, 0.1) is 0 Å². The maximum absolute atomic E-state index is 14.3. The zero-order valence-corrected chi connectivity index (χ0v) is 37.3. The van der Waals surface area contributed by atoms with Crippen molar-refractivity contribution in [2.75, 3.05) is 5.75 Å². The van der Waals surface area contributed by atoms with E-state index in [0.29, 0.717) is 34.7 Å². The van der Waals surface area contributed by atoms with Gasteiger partial charge in [-0.15, -0.1) is 0 Å². The Morgan fingerprint density at radius 2 is 1.00 bits per heavy atom. The molecule has 4 aromatic carbocycles. The first-order valence-electron chi connectivity index (χ1n) is 20.9. The van der Waals surface area contributed by atoms with E-state index in [1.165, 1.54) is 23.9 Å². The van der Waals surface area contributed by atoms with Crippen LogP contribution in [0.4, 0.5) is 0 Å². The number of benzene rings is 4. The third-order valence-electron chi connectivity index (χ3n) is 10.0. The highest BCUT2D eigenvalue weighted by Gasteiger charge is 2.33. The number of primary amides is 2. The van der Waals surface area contributed by atoms with Gasteiger partial charge in [0.05, 0.1) is 11.4 Å². The number of carboxylic acids is 1. The van der Waals surface area contributed by atoms with Crippen molar-refractivity contribution in [1.29, 1.82) is 0 Å². The molecule has 0 spiro atoms. The first-order chi connectivity index (χ1) is 31.2. The third-order valence-corrected chi connectivity index (χ3v) is 11.4. The van der Waals surface area contributed by atoms with E-state index >= 15 is 0 Å². The van der Waals surface area contributed by atoms with E-state index in [2.05, 4.69) is 26.6 Å². The van der Waals surface area contributed by atoms with Gasteiger partial charge in [0.15, 0.2) is 0 Å². The van der Waals surface area contributed by atoms with Crippen molar-refractivity contribution in [3.05, 3.63) is 138 Å². The number of phenolic OH excluding ortho intramolecular Hbond substituents is 1. The Labute approximate surface area is 387 Å². The largest absolute Gasteiger partial charge is 0.508 e. The Hall–Kier alpha value is -6.79. The van der Waals surface area contributed by atoms with Gasteiger partial charge in [-0.1, -0.05) is 115 Å². The predicted molar refractivity (Wildman–Crippen MR) is 251 cm³/mol. The van der Waals surface area contributed by atoms with Crippen molar-refractivity contribution in [3.63, 3.8) is 0 Å². The second-order valence-electron chi connectivity index (χ2n) is 15.3. The van der Waals surface area contributed by atoms with Crippen LogP contribution in [-0.2, 0) is 58.6 Å². The maximum Gasteiger partial charge on any atom is 0.327 e. The Morgan fingerprint density at radius 1 is 0.538 bits per heavy atom. The zero-order valence-electron chi connectivity index (χ0n) is 35.7. The highest BCUT2D eigenvalue weighted by molar-refractivity contribution is 7.98. The van der Waals surface area contributed by atoms with E-state index in [0.717, 1.165) is 17.5 Å². The molecule has 16 nitrogen and oxygen atoms in total. The van der Waals surface area contributed by atoms with Gasteiger partial charge in [-0.25, -0.2) is 4.79 Å². The van der Waals surface area contributed by atoms with Gasteiger partial charge >= 0.3 is 5.97 Å². The van der Waals surface area contributed by atoms with E-state index in [1.54, 1.807) is 42.5 Å². The molecule has 0 bridgehead atoms. The van der Waals surface area contributed by atoms with Crippen molar-refractivity contribution < 1.29 is 43.8 Å². The summed E-state index contributed by atoms with van der Waals surface area (Å²) >= 11 is 6.92. The summed E-state index contributed by atoms with van der Waals surface area (Å²) in [7, 11) is 0. The Morgan fingerprint density at radius 3 is 1.55 bits per heavy atom. The molecule has 11 N–H and O–H groups in total. The molecule has 18 heteroatoms. The highest BCUT2D eigenvalue weighted by atomic mass is 32.2. The molecule has 6 amide bonds. The molecule has 0 saturated carbocycles. The van der Waals surface area contributed by atoms with E-state index in [9.17, 15) is 43.8 Å². The number of thioether (sulfide) groups is 1. The lowest BCUT2D eigenvalue weighted by atomic mass is 10.0. The molecule has 5 atom stereocenters. The molecule has 0 aliphatic rings. The number of aliphatic carboxylic acids is 1. The number of carbonyl (C=O) groups is 7. The molecule has 0 aliphatic heterocycles. The van der Waals surface area contributed by atoms with Crippen molar-refractivity contribution >= 4 is 70.4 Å². The predicted octanol–water partition coefficient (Wildman–Crippen LogP) is 2.58. The molecule has 4 rings (SSSR count). The van der Waals surface area contributed by atoms with Gasteiger partial charge in [0, 0.05) is 30.8 Å². The minimum Gasteiger partial charge on any atom is -0.508 e. The van der Waals surface area contributed by atoms with Crippen LogP contribution in [0.15, 0.2) is 115 Å². The van der Waals surface area contributed by atoms with Gasteiger partial charge in [0.1, 0.15) is 36.0 Å². The number of hydrogen-bond donors (Lipinski definition) is 9. The van der Waals surface area contributed by atoms with Crippen LogP contribution >= 0.6 is 24.0 Å². The van der Waals surface area contributed by atoms with Gasteiger partial charge in [-0.05, 0) is 60.1 Å². The van der Waals surface area contributed by atoms with E-state index in [1.807, 2.05) is 60.7 Å². The summed E-state index contributed by atoms with van der Waals surface area (Å²) in [5, 5.41) is 33.1. The number of rotatable bonds is 27. The fourth-order valence-corrected chi connectivity index (χ4v) is 7.89. The number of carbonyl (C=O) groups excluding carboxylic acids is 6. The normalized spacial score (nSPS) is 13.1. The number of phenols is 1. The van der Waals surface area contributed by atoms with Gasteiger partial charge in [-0.3, -0.25) is 28.8 Å². The fourth-order valence-electron chi connectivity index (χ4n) is 6.60. The lowest BCUT2D eigenvalue weighted by Crippen LogP contribution is -2.60. The average Bonchev–Trinajstić information content (AvgIpc) is 3.28. The number of nitrogens with one attached hydrogen (secondary N) is 5. The van der Waals surface area contributed by atoms with Crippen molar-refractivity contribution in [2.24, 2.45) is 11.5 Å². The lowest BCUT2D eigenvalue weighted by Gasteiger charge is -2.27. The average molecular weight is 926 g/mol. The van der Waals surface area contributed by atoms with Crippen molar-refractivity contribution in [1.82, 2.24) is 26.6 Å². The van der Waals surface area contributed by atoms with Crippen molar-refractivity contribution in [2.45, 2.75) is 87.3 Å². The standard InChI is InChI=1S/C47H55N7O9S2/c48-40(56)24-23-35(43(58)53-38(27-41(49)57)46(61)54-39(47(62)63)29-65-28-33-15-8-3-9-16-33)51-45(60)37(25-31-13-6-2-7-14-31)52-44(59)36(26-32-19-21-34(55)22-20-32)50-42(64)18-10-17-30-11-4-1-5-12-30/h1-9,11-16,19-22,35-39,55H,10,17-18,23-29H2,(H2,48,56)(H2,49,57)(H,50,64)(H,51,60)(H,52,59)(H,53,58)(H,54,61)(H,62,63)/t35-,36-,37-,38-,39-/m0/s1. The van der Waals surface area contributed by atoms with Crippen LogP contribution < -0.4 is 38.1 Å². The summed E-state index contributed by atoms with van der Waals surface area (Å²) < 4.78 is 0. The summed E-state index contributed by atoms with van der Waals surface area (Å²) in [6, 6.07) is 27.3. The van der Waals surface area contributed by atoms with E-state index in [4.69, 9.17) is 23.7 Å². The number of thiocarbonyl (C=S) groups is 1. The zero-order chi connectivity index (χ0) is 47.1. The molecule has 0 saturated heterocycles. The molecule has 0 radical (unpaired) electrons. The quantitative estimate of drug-likeness (QED) is 0.0391. The molecule has 0 aromatic heterocycles. The van der Waals surface area contributed by atoms with Crippen LogP contribution in [0.5, 0.6) is 5.75 Å². The maximum atomic E-state index is 14.3. The summed E-state index contributed by atoms with van der Waals surface area (Å²) in [6.45, 7) is 0. The number of nitrogens with two attached hydrogens (primary N) is 2. The first-order valence-corrected chi connectivity index (χ1v) is 22.5. The van der Waals surface area contributed by atoms with Crippen LogP contribution in [0.25, 0.3) is 0 Å². The third kappa shape index (κ3) is 18.8. The number of carboxylic acid groups (broad SMARTS) is 1. The molecule has 65 heavy (non-hydrogen) atoms. The smallest absolute Gasteiger partial charge is 0.327 e. The summed E-state index contributed by atoms with van der Waals surface area (Å²) in [5.74, 6) is -6.20. The Balaban J connectivity index is 1.53. The van der Waals surface area contributed by atoms with E-state index < -0.39 is 78.0 Å². The second-order valence-corrected chi connectivity index (χ2v) is 16.8. The highest BCUT2D eigenvalue weighted by Crippen LogP contribution is 2.15. The number of aromatic hydroxyl groups is 1. The monoisotopic (exact) mass is 925 g/mol. The Kier molecular flexibility index (Phi) is 20.9. The fraction of sp³-hybridized carbons (Fsp3) is 0.319. The van der Waals surface area contributed by atoms with E-state index in [-0.39, 0.29) is 37.2 Å². The van der Waals surface area contributed by atoms with Crippen LogP contribution in [0.3, 0.4) is 0 Å². The number of hydrogen-bond acceptors (Lipinski definition) is 10. The first kappa shape index (κ1) is 50.9. The minimum absolute atomic E-state index is 0.0355. The molecule has 0 aliphatic carbocycles. The van der Waals surface area contributed by atoms with Gasteiger partial charge in [0.2, 0.25) is 35.4 Å². The molecule has 0 fully saturated rings. The van der Waals surface area contributed by atoms with Crippen LogP contribution in [0.1, 0.15) is 54.4 Å². The molecule has 4 aromatic rings. The minimum atomic E-state index is -1.67. The van der Waals surface area contributed by atoms with Crippen LogP contribution in [-0.4, -0.2) is 92.6 Å². The van der Waals surface area contributed by atoms with Crippen molar-refractivity contribution in [3.8, 4) is 5.75 Å². The Bertz CT molecular complexity index is 2220. The molecule has 0 unspecified atom stereocenters. The van der Waals surface area contributed by atoms with Gasteiger partial charge in [0.25, 0.3) is 0 Å².